The van der Waals surface area contributed by atoms with Crippen LogP contribution >= 0.6 is 11.6 Å². The van der Waals surface area contributed by atoms with Crippen LogP contribution in [-0.2, 0) is 0 Å². The Balaban J connectivity index is 2.34. The highest BCUT2D eigenvalue weighted by atomic mass is 35.5. The van der Waals surface area contributed by atoms with E-state index in [0.29, 0.717) is 11.3 Å². The van der Waals surface area contributed by atoms with Gasteiger partial charge in [0.2, 0.25) is 0 Å². The molecule has 0 aliphatic carbocycles. The van der Waals surface area contributed by atoms with E-state index in [-0.39, 0.29) is 10.7 Å². The van der Waals surface area contributed by atoms with E-state index in [1.165, 1.54) is 18.2 Å². The van der Waals surface area contributed by atoms with Crippen LogP contribution in [0, 0.1) is 12.7 Å². The number of hydrogen-bond donors (Lipinski definition) is 2. The van der Waals surface area contributed by atoms with Crippen LogP contribution in [-0.4, -0.2) is 5.91 Å². The zero-order valence-corrected chi connectivity index (χ0v) is 11.0. The first-order valence-electron chi connectivity index (χ1n) is 5.60. The second-order valence-electron chi connectivity index (χ2n) is 4.14. The number of anilines is 2. The summed E-state index contributed by atoms with van der Waals surface area (Å²) in [7, 11) is 0. The second-order valence-corrected chi connectivity index (χ2v) is 4.55. The number of nitrogen functional groups attached to an aromatic ring is 1. The van der Waals surface area contributed by atoms with Gasteiger partial charge in [-0.2, -0.15) is 0 Å². The van der Waals surface area contributed by atoms with Crippen molar-refractivity contribution in [3.05, 3.63) is 58.4 Å². The van der Waals surface area contributed by atoms with Crippen molar-refractivity contribution in [1.82, 2.24) is 0 Å². The van der Waals surface area contributed by atoms with Crippen molar-refractivity contribution in [2.24, 2.45) is 0 Å². The van der Waals surface area contributed by atoms with Crippen LogP contribution in [0.5, 0.6) is 0 Å². The highest BCUT2D eigenvalue weighted by Crippen LogP contribution is 2.26. The quantitative estimate of drug-likeness (QED) is 0.824. The van der Waals surface area contributed by atoms with E-state index in [1.807, 2.05) is 6.92 Å². The van der Waals surface area contributed by atoms with Crippen LogP contribution in [0.15, 0.2) is 36.4 Å². The molecule has 2 aromatic carbocycles. The van der Waals surface area contributed by atoms with Gasteiger partial charge in [0.15, 0.2) is 0 Å². The number of para-hydroxylation sites is 1. The zero-order chi connectivity index (χ0) is 14.0. The van der Waals surface area contributed by atoms with Crippen molar-refractivity contribution in [2.75, 3.05) is 11.1 Å². The molecule has 0 spiro atoms. The molecule has 98 valence electrons. The fourth-order valence-electron chi connectivity index (χ4n) is 1.66. The third-order valence-corrected chi connectivity index (χ3v) is 2.97. The van der Waals surface area contributed by atoms with E-state index < -0.39 is 11.7 Å². The lowest BCUT2D eigenvalue weighted by atomic mass is 10.1. The Morgan fingerprint density at radius 2 is 2.05 bits per heavy atom. The number of hydrogen-bond acceptors (Lipinski definition) is 2. The van der Waals surface area contributed by atoms with Crippen LogP contribution in [0.3, 0.4) is 0 Å². The van der Waals surface area contributed by atoms with Crippen molar-refractivity contribution in [2.45, 2.75) is 6.92 Å². The summed E-state index contributed by atoms with van der Waals surface area (Å²) in [6.45, 7) is 1.84. The number of nitrogens with two attached hydrogens (primary N) is 1. The van der Waals surface area contributed by atoms with Crippen LogP contribution in [0.2, 0.25) is 5.02 Å². The highest BCUT2D eigenvalue weighted by Gasteiger charge is 2.14. The molecule has 0 saturated heterocycles. The van der Waals surface area contributed by atoms with Crippen molar-refractivity contribution < 1.29 is 9.18 Å². The molecule has 0 saturated carbocycles. The molecule has 3 N–H and O–H groups in total. The summed E-state index contributed by atoms with van der Waals surface area (Å²) in [5, 5.41) is 2.58. The van der Waals surface area contributed by atoms with Gasteiger partial charge in [0.05, 0.1) is 16.3 Å². The Labute approximate surface area is 115 Å². The molecule has 0 heterocycles. The number of amides is 1. The molecule has 0 aliphatic heterocycles. The molecule has 5 heteroatoms. The molecule has 0 aromatic heterocycles. The van der Waals surface area contributed by atoms with E-state index in [0.717, 1.165) is 5.56 Å². The van der Waals surface area contributed by atoms with Crippen molar-refractivity contribution in [1.29, 1.82) is 0 Å². The number of halogens is 2. The zero-order valence-electron chi connectivity index (χ0n) is 10.2. The molecule has 0 radical (unpaired) electrons. The predicted molar refractivity (Wildman–Crippen MR) is 75.0 cm³/mol. The van der Waals surface area contributed by atoms with Crippen molar-refractivity contribution in [3.63, 3.8) is 0 Å². The second kappa shape index (κ2) is 5.28. The Morgan fingerprint density at radius 1 is 1.32 bits per heavy atom. The van der Waals surface area contributed by atoms with E-state index in [2.05, 4.69) is 5.32 Å². The molecular weight excluding hydrogens is 267 g/mol. The molecule has 0 bridgehead atoms. The summed E-state index contributed by atoms with van der Waals surface area (Å²) >= 11 is 5.85. The van der Waals surface area contributed by atoms with Gasteiger partial charge in [0.25, 0.3) is 5.91 Å². The summed E-state index contributed by atoms with van der Waals surface area (Å²) < 4.78 is 13.6. The first-order valence-corrected chi connectivity index (χ1v) is 5.98. The smallest absolute Gasteiger partial charge is 0.257 e. The number of aryl methyl sites for hydroxylation is 1. The Morgan fingerprint density at radius 3 is 2.74 bits per heavy atom. The summed E-state index contributed by atoms with van der Waals surface area (Å²) in [6.07, 6.45) is 0. The predicted octanol–water partition coefficient (Wildman–Crippen LogP) is 3.62. The minimum absolute atomic E-state index is 0.0462. The van der Waals surface area contributed by atoms with Gasteiger partial charge in [-0.1, -0.05) is 29.3 Å². The summed E-state index contributed by atoms with van der Waals surface area (Å²) in [5.74, 6) is -1.08. The molecule has 0 atom stereocenters. The largest absolute Gasteiger partial charge is 0.398 e. The maximum atomic E-state index is 13.6. The van der Waals surface area contributed by atoms with Gasteiger partial charge in [-0.05, 0) is 31.2 Å². The molecule has 3 nitrogen and oxygen atoms in total. The Bertz CT molecular complexity index is 623. The standard InChI is InChI=1S/C14H12ClFN2O/c1-8-5-6-12(17)9(7-8)14(19)18-13-10(15)3-2-4-11(13)16/h2-7H,17H2,1H3,(H,18,19). The fraction of sp³-hybridized carbons (Fsp3) is 0.0714. The average molecular weight is 279 g/mol. The van der Waals surface area contributed by atoms with Gasteiger partial charge in [0.1, 0.15) is 5.82 Å². The molecule has 19 heavy (non-hydrogen) atoms. The van der Waals surface area contributed by atoms with Crippen LogP contribution in [0.1, 0.15) is 15.9 Å². The van der Waals surface area contributed by atoms with E-state index >= 15 is 0 Å². The molecule has 0 aliphatic rings. The third kappa shape index (κ3) is 2.85. The first-order chi connectivity index (χ1) is 8.99. The minimum atomic E-state index is -0.591. The number of benzene rings is 2. The Hall–Kier alpha value is -2.07. The monoisotopic (exact) mass is 278 g/mol. The van der Waals surface area contributed by atoms with Crippen molar-refractivity contribution >= 4 is 28.9 Å². The Kier molecular flexibility index (Phi) is 3.71. The van der Waals surface area contributed by atoms with E-state index in [4.69, 9.17) is 17.3 Å². The van der Waals surface area contributed by atoms with Gasteiger partial charge in [-0.15, -0.1) is 0 Å². The van der Waals surface area contributed by atoms with Crippen LogP contribution < -0.4 is 11.1 Å². The summed E-state index contributed by atoms with van der Waals surface area (Å²) in [4.78, 5) is 12.1. The molecule has 0 fully saturated rings. The minimum Gasteiger partial charge on any atom is -0.398 e. The highest BCUT2D eigenvalue weighted by molar-refractivity contribution is 6.34. The molecule has 2 rings (SSSR count). The molecule has 0 unspecified atom stereocenters. The van der Waals surface area contributed by atoms with Gasteiger partial charge in [0, 0.05) is 5.69 Å². The first kappa shape index (κ1) is 13.4. The fourth-order valence-corrected chi connectivity index (χ4v) is 1.88. The number of rotatable bonds is 2. The summed E-state index contributed by atoms with van der Waals surface area (Å²) in [5.41, 5.74) is 7.19. The number of carbonyl (C=O) groups excluding carboxylic acids is 1. The van der Waals surface area contributed by atoms with E-state index in [9.17, 15) is 9.18 Å². The van der Waals surface area contributed by atoms with Gasteiger partial charge in [-0.3, -0.25) is 4.79 Å². The third-order valence-electron chi connectivity index (χ3n) is 2.65. The maximum Gasteiger partial charge on any atom is 0.257 e. The lowest BCUT2D eigenvalue weighted by Gasteiger charge is -2.10. The molecule has 1 amide bonds. The number of nitrogens with one attached hydrogen (secondary N) is 1. The molecular formula is C14H12ClFN2O. The molecule has 2 aromatic rings. The van der Waals surface area contributed by atoms with Gasteiger partial charge in [-0.25, -0.2) is 4.39 Å². The van der Waals surface area contributed by atoms with Crippen LogP contribution in [0.25, 0.3) is 0 Å². The maximum absolute atomic E-state index is 13.6. The van der Waals surface area contributed by atoms with Crippen molar-refractivity contribution in [3.8, 4) is 0 Å². The average Bonchev–Trinajstić information content (AvgIpc) is 2.37. The number of carbonyl (C=O) groups is 1. The van der Waals surface area contributed by atoms with E-state index in [1.54, 1.807) is 18.2 Å². The lowest BCUT2D eigenvalue weighted by molar-refractivity contribution is 0.102. The topological polar surface area (TPSA) is 55.1 Å². The lowest BCUT2D eigenvalue weighted by Crippen LogP contribution is -2.15. The SMILES string of the molecule is Cc1ccc(N)c(C(=O)Nc2c(F)cccc2Cl)c1. The summed E-state index contributed by atoms with van der Waals surface area (Å²) in [6, 6.07) is 9.25. The van der Waals surface area contributed by atoms with Crippen LogP contribution in [0.4, 0.5) is 15.8 Å². The van der Waals surface area contributed by atoms with Gasteiger partial charge >= 0.3 is 0 Å². The van der Waals surface area contributed by atoms with Gasteiger partial charge < -0.3 is 11.1 Å². The normalized spacial score (nSPS) is 10.3.